The van der Waals surface area contributed by atoms with Crippen LogP contribution in [-0.4, -0.2) is 0 Å². The minimum atomic E-state index is -0.275. The predicted octanol–water partition coefficient (Wildman–Crippen LogP) is 8.98. The van der Waals surface area contributed by atoms with Crippen molar-refractivity contribution in [1.82, 2.24) is 0 Å². The van der Waals surface area contributed by atoms with Gasteiger partial charge >= 0.3 is 0 Å². The molecule has 0 spiro atoms. The average molecular weight is 507 g/mol. The van der Waals surface area contributed by atoms with Crippen molar-refractivity contribution in [3.63, 3.8) is 0 Å². The maximum absolute atomic E-state index is 6.28. The van der Waals surface area contributed by atoms with Crippen molar-refractivity contribution < 1.29 is 0 Å². The monoisotopic (exact) mass is 506 g/mol. The molecule has 0 aromatic heterocycles. The van der Waals surface area contributed by atoms with Crippen molar-refractivity contribution in [1.29, 1.82) is 0 Å². The smallest absolute Gasteiger partial charge is 0.0701 e. The zero-order valence-electron chi connectivity index (χ0n) is 23.9. The highest BCUT2D eigenvalue weighted by atomic mass is 14.7. The molecule has 1 aliphatic carbocycles. The lowest BCUT2D eigenvalue weighted by molar-refractivity contribution is 0.466. The SMILES string of the molecule is CC(C)C1=CC(C(C)C)CC=CC1.Cc1ccccc1C(N)/C(N)=C/C=C\Cc1cccc2ccccc12. The number of fused-ring (bicyclic) bond motifs is 1. The highest BCUT2D eigenvalue weighted by Crippen LogP contribution is 2.27. The number of nitrogens with two attached hydrogens (primary N) is 2. The molecule has 3 aromatic carbocycles. The maximum Gasteiger partial charge on any atom is 0.0701 e. The molecule has 3 aromatic rings. The van der Waals surface area contributed by atoms with Crippen LogP contribution in [0.2, 0.25) is 0 Å². The molecule has 4 rings (SSSR count). The predicted molar refractivity (Wildman–Crippen MR) is 167 cm³/mol. The van der Waals surface area contributed by atoms with Gasteiger partial charge in [0.15, 0.2) is 0 Å². The summed E-state index contributed by atoms with van der Waals surface area (Å²) in [5.74, 6) is 2.25. The van der Waals surface area contributed by atoms with E-state index in [-0.39, 0.29) is 6.04 Å². The number of benzene rings is 3. The summed E-state index contributed by atoms with van der Waals surface area (Å²) < 4.78 is 0. The third-order valence-electron chi connectivity index (χ3n) is 7.48. The van der Waals surface area contributed by atoms with Crippen molar-refractivity contribution in [2.45, 2.75) is 59.9 Å². The molecule has 2 unspecified atom stereocenters. The molecule has 200 valence electrons. The van der Waals surface area contributed by atoms with Crippen LogP contribution in [0.1, 0.15) is 63.3 Å². The number of hydrogen-bond acceptors (Lipinski definition) is 2. The topological polar surface area (TPSA) is 52.0 Å². The molecule has 4 N–H and O–H groups in total. The second-order valence-electron chi connectivity index (χ2n) is 11.0. The fourth-order valence-corrected chi connectivity index (χ4v) is 4.84. The van der Waals surface area contributed by atoms with E-state index in [1.54, 1.807) is 5.57 Å². The largest absolute Gasteiger partial charge is 0.400 e. The summed E-state index contributed by atoms with van der Waals surface area (Å²) in [6.45, 7) is 11.3. The van der Waals surface area contributed by atoms with Gasteiger partial charge in [-0.15, -0.1) is 0 Å². The molecule has 0 amide bonds. The molecule has 0 fully saturated rings. The summed E-state index contributed by atoms with van der Waals surface area (Å²) >= 11 is 0. The highest BCUT2D eigenvalue weighted by Gasteiger charge is 2.14. The van der Waals surface area contributed by atoms with E-state index < -0.39 is 0 Å². The Morgan fingerprint density at radius 2 is 1.63 bits per heavy atom. The zero-order chi connectivity index (χ0) is 27.5. The minimum Gasteiger partial charge on any atom is -0.400 e. The molecule has 1 aliphatic rings. The zero-order valence-corrected chi connectivity index (χ0v) is 23.9. The van der Waals surface area contributed by atoms with Crippen LogP contribution in [0.15, 0.2) is 114 Å². The molecular formula is C36H46N2. The van der Waals surface area contributed by atoms with Crippen LogP contribution in [0.4, 0.5) is 0 Å². The lowest BCUT2D eigenvalue weighted by Crippen LogP contribution is -2.19. The Kier molecular flexibility index (Phi) is 11.2. The van der Waals surface area contributed by atoms with Crippen LogP contribution in [0.5, 0.6) is 0 Å². The number of hydrogen-bond donors (Lipinski definition) is 2. The van der Waals surface area contributed by atoms with Crippen LogP contribution < -0.4 is 11.5 Å². The molecule has 2 nitrogen and oxygen atoms in total. The van der Waals surface area contributed by atoms with Gasteiger partial charge in [0.2, 0.25) is 0 Å². The van der Waals surface area contributed by atoms with Crippen molar-refractivity contribution in [2.24, 2.45) is 29.2 Å². The standard InChI is InChI=1S/C23H24N2.C13H22/c1-17-9-2-5-14-20(17)23(25)22(24)16-7-4-11-19-13-8-12-18-10-3-6-15-21(18)19;1-10(2)12-7-5-6-8-13(9-12)11(3)4/h2-10,12-16,23H,11,24-25H2,1H3;5-6,9-12H,7-8H2,1-4H3/b7-4-,22-16-;. The first-order valence-corrected chi connectivity index (χ1v) is 14.0. The van der Waals surface area contributed by atoms with Gasteiger partial charge in [-0.1, -0.05) is 130 Å². The van der Waals surface area contributed by atoms with E-state index in [0.29, 0.717) is 11.6 Å². The fourth-order valence-electron chi connectivity index (χ4n) is 4.84. The molecule has 0 radical (unpaired) electrons. The van der Waals surface area contributed by atoms with Crippen LogP contribution in [0, 0.1) is 24.7 Å². The van der Waals surface area contributed by atoms with Crippen molar-refractivity contribution in [2.75, 3.05) is 0 Å². The summed E-state index contributed by atoms with van der Waals surface area (Å²) in [6, 6.07) is 22.7. The summed E-state index contributed by atoms with van der Waals surface area (Å²) in [6.07, 6.45) is 16.5. The van der Waals surface area contributed by atoms with Crippen LogP contribution in [0.3, 0.4) is 0 Å². The number of rotatable bonds is 7. The van der Waals surface area contributed by atoms with E-state index in [1.807, 2.05) is 30.4 Å². The van der Waals surface area contributed by atoms with Crippen LogP contribution in [0.25, 0.3) is 10.8 Å². The first-order valence-electron chi connectivity index (χ1n) is 14.0. The molecule has 0 bridgehead atoms. The molecule has 0 aliphatic heterocycles. The summed E-state index contributed by atoms with van der Waals surface area (Å²) in [4.78, 5) is 0. The van der Waals surface area contributed by atoms with Gasteiger partial charge in [0.25, 0.3) is 0 Å². The minimum absolute atomic E-state index is 0.275. The van der Waals surface area contributed by atoms with Gasteiger partial charge in [-0.2, -0.15) is 0 Å². The Labute approximate surface area is 230 Å². The van der Waals surface area contributed by atoms with E-state index >= 15 is 0 Å². The Morgan fingerprint density at radius 3 is 2.37 bits per heavy atom. The Morgan fingerprint density at radius 1 is 0.921 bits per heavy atom. The maximum atomic E-state index is 6.28. The van der Waals surface area contributed by atoms with Gasteiger partial charge in [0, 0.05) is 5.70 Å². The summed E-state index contributed by atoms with van der Waals surface area (Å²) in [5.41, 5.74) is 18.3. The first-order chi connectivity index (χ1) is 18.3. The van der Waals surface area contributed by atoms with Gasteiger partial charge in [-0.3, -0.25) is 0 Å². The third-order valence-corrected chi connectivity index (χ3v) is 7.48. The second kappa shape index (κ2) is 14.5. The lowest BCUT2D eigenvalue weighted by Gasteiger charge is -2.16. The summed E-state index contributed by atoms with van der Waals surface area (Å²) in [5, 5.41) is 2.56. The Hall–Kier alpha value is -3.36. The molecule has 0 heterocycles. The van der Waals surface area contributed by atoms with E-state index in [1.165, 1.54) is 29.2 Å². The van der Waals surface area contributed by atoms with E-state index in [0.717, 1.165) is 29.4 Å². The molecule has 2 heteroatoms. The van der Waals surface area contributed by atoms with Gasteiger partial charge < -0.3 is 11.5 Å². The van der Waals surface area contributed by atoms with Gasteiger partial charge in [-0.25, -0.2) is 0 Å². The third kappa shape index (κ3) is 8.33. The van der Waals surface area contributed by atoms with E-state index in [2.05, 4.69) is 107 Å². The summed E-state index contributed by atoms with van der Waals surface area (Å²) in [7, 11) is 0. The van der Waals surface area contributed by atoms with Crippen molar-refractivity contribution in [3.8, 4) is 0 Å². The second-order valence-corrected chi connectivity index (χ2v) is 11.0. The number of aryl methyl sites for hydroxylation is 1. The molecule has 0 saturated carbocycles. The van der Waals surface area contributed by atoms with Crippen molar-refractivity contribution >= 4 is 10.8 Å². The first kappa shape index (κ1) is 29.2. The van der Waals surface area contributed by atoms with Crippen LogP contribution in [-0.2, 0) is 6.42 Å². The number of allylic oxidation sites excluding steroid dienone is 7. The fraction of sp³-hybridized carbons (Fsp3) is 0.333. The normalized spacial score (nSPS) is 16.9. The molecule has 2 atom stereocenters. The molecular weight excluding hydrogens is 460 g/mol. The van der Waals surface area contributed by atoms with E-state index in [9.17, 15) is 0 Å². The molecule has 38 heavy (non-hydrogen) atoms. The van der Waals surface area contributed by atoms with Gasteiger partial charge in [-0.05, 0) is 77.5 Å². The Balaban J connectivity index is 0.000000260. The lowest BCUT2D eigenvalue weighted by atomic mass is 9.89. The van der Waals surface area contributed by atoms with Gasteiger partial charge in [0.05, 0.1) is 6.04 Å². The van der Waals surface area contributed by atoms with Gasteiger partial charge in [0.1, 0.15) is 0 Å². The quantitative estimate of drug-likeness (QED) is 0.248. The highest BCUT2D eigenvalue weighted by molar-refractivity contribution is 5.85. The van der Waals surface area contributed by atoms with Crippen LogP contribution >= 0.6 is 0 Å². The molecule has 0 saturated heterocycles. The Bertz CT molecular complexity index is 1280. The van der Waals surface area contributed by atoms with E-state index in [4.69, 9.17) is 11.5 Å². The average Bonchev–Trinajstić information content (AvgIpc) is 3.18. The van der Waals surface area contributed by atoms with Crippen molar-refractivity contribution in [3.05, 3.63) is 131 Å².